The number of halogens is 1. The fraction of sp³-hybridized carbons (Fsp3) is 0.217. The highest BCUT2D eigenvalue weighted by Gasteiger charge is 2.21. The third-order valence-corrected chi connectivity index (χ3v) is 6.44. The van der Waals surface area contributed by atoms with Gasteiger partial charge in [-0.15, -0.1) is 11.3 Å². The van der Waals surface area contributed by atoms with Gasteiger partial charge in [0.1, 0.15) is 17.3 Å². The highest BCUT2D eigenvalue weighted by Crippen LogP contribution is 2.34. The third kappa shape index (κ3) is 3.98. The van der Waals surface area contributed by atoms with Gasteiger partial charge in [0.05, 0.1) is 18.5 Å². The summed E-state index contributed by atoms with van der Waals surface area (Å²) in [4.78, 5) is 19.3. The van der Waals surface area contributed by atoms with Crippen molar-refractivity contribution in [1.82, 2.24) is 14.9 Å². The lowest BCUT2D eigenvalue weighted by atomic mass is 10.2. The first-order chi connectivity index (χ1) is 16.0. The van der Waals surface area contributed by atoms with Crippen molar-refractivity contribution in [3.63, 3.8) is 0 Å². The molecular formula is C23H22FN5O3S. The third-order valence-electron chi connectivity index (χ3n) is 5.60. The molecule has 1 aliphatic heterocycles. The van der Waals surface area contributed by atoms with Crippen LogP contribution in [0.2, 0.25) is 0 Å². The van der Waals surface area contributed by atoms with E-state index in [4.69, 9.17) is 4.74 Å². The normalized spacial score (nSPS) is 13.9. The molecule has 1 amide bonds. The van der Waals surface area contributed by atoms with Crippen LogP contribution < -0.4 is 20.3 Å². The number of ether oxygens (including phenoxy) is 1. The quantitative estimate of drug-likeness (QED) is 0.416. The van der Waals surface area contributed by atoms with Gasteiger partial charge >= 0.3 is 0 Å². The van der Waals surface area contributed by atoms with Crippen molar-refractivity contribution in [3.05, 3.63) is 59.5 Å². The molecule has 0 radical (unpaired) electrons. The Balaban J connectivity index is 1.41. The van der Waals surface area contributed by atoms with Crippen LogP contribution in [0.1, 0.15) is 10.5 Å². The molecule has 1 saturated heterocycles. The molecule has 0 aliphatic carbocycles. The Kier molecular flexibility index (Phi) is 5.61. The molecule has 2 aromatic carbocycles. The molecule has 4 aromatic rings. The van der Waals surface area contributed by atoms with Crippen molar-refractivity contribution in [2.45, 2.75) is 0 Å². The van der Waals surface area contributed by atoms with Gasteiger partial charge in [-0.1, -0.05) is 6.07 Å². The van der Waals surface area contributed by atoms with Crippen LogP contribution in [-0.4, -0.2) is 53.9 Å². The molecule has 8 nitrogen and oxygen atoms in total. The molecule has 3 heterocycles. The molecule has 170 valence electrons. The zero-order valence-corrected chi connectivity index (χ0v) is 18.7. The monoisotopic (exact) mass is 467 g/mol. The van der Waals surface area contributed by atoms with Crippen molar-refractivity contribution in [3.8, 4) is 16.8 Å². The molecule has 0 spiro atoms. The number of fused-ring (bicyclic) bond motifs is 1. The van der Waals surface area contributed by atoms with Crippen LogP contribution in [0.4, 0.5) is 15.8 Å². The molecule has 3 N–H and O–H groups in total. The Bertz CT molecular complexity index is 1330. The second-order valence-corrected chi connectivity index (χ2v) is 8.45. The van der Waals surface area contributed by atoms with E-state index in [-0.39, 0.29) is 17.4 Å². The molecule has 1 fully saturated rings. The summed E-state index contributed by atoms with van der Waals surface area (Å²) in [7, 11) is 1.56. The lowest BCUT2D eigenvalue weighted by molar-refractivity contribution is 0.102. The maximum absolute atomic E-state index is 14.6. The van der Waals surface area contributed by atoms with Crippen LogP contribution in [0.3, 0.4) is 0 Å². The first-order valence-electron chi connectivity index (χ1n) is 10.4. The minimum atomic E-state index is -0.447. The van der Waals surface area contributed by atoms with Crippen molar-refractivity contribution in [2.24, 2.45) is 0 Å². The number of benzene rings is 2. The lowest BCUT2D eigenvalue weighted by Crippen LogP contribution is -2.44. The number of methoxy groups -OCH3 is 1. The van der Waals surface area contributed by atoms with Crippen LogP contribution in [0.5, 0.6) is 11.6 Å². The van der Waals surface area contributed by atoms with E-state index < -0.39 is 5.91 Å². The van der Waals surface area contributed by atoms with E-state index in [1.807, 2.05) is 17.0 Å². The maximum atomic E-state index is 14.6. The summed E-state index contributed by atoms with van der Waals surface area (Å²) in [5.41, 5.74) is 0.962. The number of aromatic nitrogens is 2. The Morgan fingerprint density at radius 1 is 1.27 bits per heavy atom. The predicted octanol–water partition coefficient (Wildman–Crippen LogP) is 3.60. The van der Waals surface area contributed by atoms with Gasteiger partial charge in [-0.3, -0.25) is 9.36 Å². The molecule has 5 rings (SSSR count). The fourth-order valence-electron chi connectivity index (χ4n) is 3.94. The Labute approximate surface area is 193 Å². The summed E-state index contributed by atoms with van der Waals surface area (Å²) in [5, 5.41) is 20.2. The first-order valence-corrected chi connectivity index (χ1v) is 11.3. The van der Waals surface area contributed by atoms with Crippen LogP contribution in [0, 0.1) is 5.82 Å². The first kappa shape index (κ1) is 21.2. The van der Waals surface area contributed by atoms with E-state index >= 15 is 0 Å². The average Bonchev–Trinajstić information content (AvgIpc) is 3.44. The van der Waals surface area contributed by atoms with Gasteiger partial charge < -0.3 is 25.4 Å². The van der Waals surface area contributed by atoms with Crippen molar-refractivity contribution in [2.75, 3.05) is 43.5 Å². The standard InChI is InChI=1S/C23H22FN5O3S/c1-32-15-6-5-14-12-29(22(31)16(14)11-15)23-27-19(13-33-23)21(30)26-18-4-2-3-17(24)20(18)28-9-7-25-8-10-28/h2-6,11-13,25,31H,7-10H2,1H3,(H,26,30). The number of nitrogens with one attached hydrogen (secondary N) is 2. The molecule has 2 aromatic heterocycles. The van der Waals surface area contributed by atoms with E-state index in [0.717, 1.165) is 18.5 Å². The summed E-state index contributed by atoms with van der Waals surface area (Å²) >= 11 is 1.22. The summed E-state index contributed by atoms with van der Waals surface area (Å²) in [6.45, 7) is 2.79. The number of carbonyl (C=O) groups is 1. The van der Waals surface area contributed by atoms with Crippen molar-refractivity contribution in [1.29, 1.82) is 0 Å². The summed E-state index contributed by atoms with van der Waals surface area (Å²) in [6.07, 6.45) is 1.75. The maximum Gasteiger partial charge on any atom is 0.275 e. The number of thiazole rings is 1. The topological polar surface area (TPSA) is 91.7 Å². The summed E-state index contributed by atoms with van der Waals surface area (Å²) in [5.74, 6) is -0.188. The van der Waals surface area contributed by atoms with Crippen LogP contribution >= 0.6 is 11.3 Å². The zero-order valence-electron chi connectivity index (χ0n) is 17.8. The molecule has 33 heavy (non-hydrogen) atoms. The molecule has 10 heteroatoms. The largest absolute Gasteiger partial charge is 0.497 e. The number of nitrogens with zero attached hydrogens (tertiary/aromatic N) is 3. The summed E-state index contributed by atoms with van der Waals surface area (Å²) < 4.78 is 21.4. The van der Waals surface area contributed by atoms with Crippen LogP contribution in [0.15, 0.2) is 48.0 Å². The zero-order chi connectivity index (χ0) is 22.9. The molecule has 0 saturated carbocycles. The predicted molar refractivity (Wildman–Crippen MR) is 127 cm³/mol. The van der Waals surface area contributed by atoms with Gasteiger partial charge in [0.15, 0.2) is 5.13 Å². The molecule has 0 atom stereocenters. The minimum absolute atomic E-state index is 0.0105. The van der Waals surface area contributed by atoms with E-state index in [0.29, 0.717) is 40.7 Å². The number of piperazine rings is 1. The number of rotatable bonds is 5. The molecule has 0 unspecified atom stereocenters. The highest BCUT2D eigenvalue weighted by atomic mass is 32.1. The lowest BCUT2D eigenvalue weighted by Gasteiger charge is -2.31. The van der Waals surface area contributed by atoms with E-state index in [2.05, 4.69) is 15.6 Å². The van der Waals surface area contributed by atoms with Gasteiger partial charge in [-0.25, -0.2) is 9.37 Å². The van der Waals surface area contributed by atoms with Crippen LogP contribution in [0.25, 0.3) is 15.9 Å². The Morgan fingerprint density at radius 3 is 2.88 bits per heavy atom. The van der Waals surface area contributed by atoms with E-state index in [9.17, 15) is 14.3 Å². The number of aromatic hydroxyl groups is 1. The fourth-order valence-corrected chi connectivity index (χ4v) is 4.72. The number of carbonyl (C=O) groups excluding carboxylic acids is 1. The number of amides is 1. The van der Waals surface area contributed by atoms with Gasteiger partial charge in [-0.05, 0) is 30.3 Å². The number of para-hydroxylation sites is 1. The SMILES string of the molecule is COc1ccc2cn(-c3nc(C(=O)Nc4cccc(F)c4N4CCNCC4)cs3)c(O)c2c1. The minimum Gasteiger partial charge on any atom is -0.497 e. The molecular weight excluding hydrogens is 445 g/mol. The smallest absolute Gasteiger partial charge is 0.275 e. The number of hydrogen-bond donors (Lipinski definition) is 3. The van der Waals surface area contributed by atoms with Gasteiger partial charge in [-0.2, -0.15) is 0 Å². The summed E-state index contributed by atoms with van der Waals surface area (Å²) in [6, 6.07) is 10.0. The highest BCUT2D eigenvalue weighted by molar-refractivity contribution is 7.12. The second kappa shape index (κ2) is 8.72. The second-order valence-electron chi connectivity index (χ2n) is 7.62. The molecule has 0 bridgehead atoms. The van der Waals surface area contributed by atoms with Gasteiger partial charge in [0, 0.05) is 48.5 Å². The van der Waals surface area contributed by atoms with Gasteiger partial charge in [0.2, 0.25) is 5.88 Å². The Hall–Kier alpha value is -3.63. The number of hydrogen-bond acceptors (Lipinski definition) is 7. The Morgan fingerprint density at radius 2 is 2.09 bits per heavy atom. The van der Waals surface area contributed by atoms with Crippen molar-refractivity contribution >= 4 is 39.4 Å². The molecule has 1 aliphatic rings. The van der Waals surface area contributed by atoms with Gasteiger partial charge in [0.25, 0.3) is 5.91 Å². The van der Waals surface area contributed by atoms with E-state index in [1.54, 1.807) is 36.9 Å². The van der Waals surface area contributed by atoms with Crippen LogP contribution in [-0.2, 0) is 0 Å². The number of anilines is 2. The van der Waals surface area contributed by atoms with Crippen molar-refractivity contribution < 1.29 is 19.0 Å². The average molecular weight is 468 g/mol. The van der Waals surface area contributed by atoms with E-state index in [1.165, 1.54) is 22.0 Å².